The van der Waals surface area contributed by atoms with Crippen LogP contribution >= 0.6 is 0 Å². The number of ether oxygens (including phenoxy) is 1. The molecule has 0 aromatic heterocycles. The molecule has 4 nitrogen and oxygen atoms in total. The van der Waals surface area contributed by atoms with E-state index in [-0.39, 0.29) is 11.4 Å². The van der Waals surface area contributed by atoms with Crippen LogP contribution in [0.5, 0.6) is 0 Å². The fraction of sp³-hybridized carbons (Fsp3) is 0.222. The number of nitrogens with one attached hydrogen (secondary N) is 2. The quantitative estimate of drug-likeness (QED) is 0.598. The molecule has 1 aliphatic rings. The van der Waals surface area contributed by atoms with Gasteiger partial charge in [0.05, 0.1) is 0 Å². The number of benzene rings is 3. The minimum absolute atomic E-state index is 0.0974. The van der Waals surface area contributed by atoms with E-state index in [1.807, 2.05) is 60.7 Å². The van der Waals surface area contributed by atoms with Gasteiger partial charge in [-0.15, -0.1) is 0 Å². The van der Waals surface area contributed by atoms with Gasteiger partial charge in [-0.1, -0.05) is 66.4 Å². The first-order chi connectivity index (χ1) is 15.2. The first-order valence-electron chi connectivity index (χ1n) is 10.6. The highest BCUT2D eigenvalue weighted by atomic mass is 16.5. The molecule has 31 heavy (non-hydrogen) atoms. The second-order valence-corrected chi connectivity index (χ2v) is 7.76. The average molecular weight is 411 g/mol. The van der Waals surface area contributed by atoms with Crippen molar-refractivity contribution in [3.05, 3.63) is 102 Å². The molecule has 2 amide bonds. The van der Waals surface area contributed by atoms with Crippen LogP contribution in [0.3, 0.4) is 0 Å². The summed E-state index contributed by atoms with van der Waals surface area (Å²) < 4.78 is 5.58. The molecule has 0 aliphatic carbocycles. The molecule has 0 saturated carbocycles. The molecular weight excluding hydrogens is 384 g/mol. The van der Waals surface area contributed by atoms with Gasteiger partial charge in [-0.05, 0) is 48.7 Å². The molecule has 0 unspecified atom stereocenters. The Hall–Kier alpha value is -3.55. The lowest BCUT2D eigenvalue weighted by Crippen LogP contribution is -2.45. The fourth-order valence-corrected chi connectivity index (χ4v) is 3.89. The Morgan fingerprint density at radius 1 is 0.839 bits per heavy atom. The van der Waals surface area contributed by atoms with Crippen LogP contribution < -0.4 is 10.6 Å². The van der Waals surface area contributed by atoms with Gasteiger partial charge >= 0.3 is 6.03 Å². The summed E-state index contributed by atoms with van der Waals surface area (Å²) in [6.45, 7) is 1.99. The maximum atomic E-state index is 12.6. The molecule has 0 bridgehead atoms. The SMILES string of the molecule is O=C(NCC1(c2ccccc2)CCOCC1)Nc1cccc(C#Cc2ccccc2)c1. The van der Waals surface area contributed by atoms with Gasteiger partial charge in [-0.3, -0.25) is 0 Å². The molecule has 2 N–H and O–H groups in total. The van der Waals surface area contributed by atoms with Crippen molar-refractivity contribution in [1.82, 2.24) is 5.32 Å². The maximum Gasteiger partial charge on any atom is 0.319 e. The van der Waals surface area contributed by atoms with Gasteiger partial charge < -0.3 is 15.4 Å². The van der Waals surface area contributed by atoms with Crippen molar-refractivity contribution in [3.8, 4) is 11.8 Å². The molecule has 3 aromatic rings. The molecular formula is C27H26N2O2. The Morgan fingerprint density at radius 2 is 1.48 bits per heavy atom. The Bertz CT molecular complexity index is 1060. The van der Waals surface area contributed by atoms with E-state index < -0.39 is 0 Å². The molecule has 1 aliphatic heterocycles. The largest absolute Gasteiger partial charge is 0.381 e. The summed E-state index contributed by atoms with van der Waals surface area (Å²) in [5.74, 6) is 6.29. The number of anilines is 1. The summed E-state index contributed by atoms with van der Waals surface area (Å²) in [5, 5.41) is 6.02. The number of hydrogen-bond donors (Lipinski definition) is 2. The number of urea groups is 1. The summed E-state index contributed by atoms with van der Waals surface area (Å²) >= 11 is 0. The Morgan fingerprint density at radius 3 is 2.23 bits per heavy atom. The van der Waals surface area contributed by atoms with Gasteiger partial charge in [0, 0.05) is 42.0 Å². The molecule has 4 heteroatoms. The van der Waals surface area contributed by atoms with E-state index in [4.69, 9.17) is 4.74 Å². The Labute approximate surface area is 183 Å². The van der Waals surface area contributed by atoms with E-state index in [1.54, 1.807) is 0 Å². The van der Waals surface area contributed by atoms with Crippen LogP contribution in [0.1, 0.15) is 29.5 Å². The minimum atomic E-state index is -0.213. The number of carbonyl (C=O) groups is 1. The van der Waals surface area contributed by atoms with Crippen molar-refractivity contribution in [2.75, 3.05) is 25.1 Å². The lowest BCUT2D eigenvalue weighted by Gasteiger charge is -2.38. The molecule has 0 radical (unpaired) electrons. The summed E-state index contributed by atoms with van der Waals surface area (Å²) in [6, 6.07) is 27.6. The van der Waals surface area contributed by atoms with Gasteiger partial charge in [0.1, 0.15) is 0 Å². The van der Waals surface area contributed by atoms with E-state index in [9.17, 15) is 4.79 Å². The van der Waals surface area contributed by atoms with Crippen LogP contribution in [0.2, 0.25) is 0 Å². The fourth-order valence-electron chi connectivity index (χ4n) is 3.89. The third-order valence-corrected chi connectivity index (χ3v) is 5.67. The lowest BCUT2D eigenvalue weighted by atomic mass is 9.74. The molecule has 1 saturated heterocycles. The number of hydrogen-bond acceptors (Lipinski definition) is 2. The molecule has 1 fully saturated rings. The molecule has 1 heterocycles. The molecule has 0 atom stereocenters. The van der Waals surface area contributed by atoms with Crippen LogP contribution in [-0.4, -0.2) is 25.8 Å². The summed E-state index contributed by atoms with van der Waals surface area (Å²) in [4.78, 5) is 12.6. The van der Waals surface area contributed by atoms with Crippen molar-refractivity contribution >= 4 is 11.7 Å². The average Bonchev–Trinajstić information content (AvgIpc) is 2.84. The lowest BCUT2D eigenvalue weighted by molar-refractivity contribution is 0.0508. The summed E-state index contributed by atoms with van der Waals surface area (Å²) in [6.07, 6.45) is 1.78. The van der Waals surface area contributed by atoms with E-state index in [0.29, 0.717) is 19.8 Å². The van der Waals surface area contributed by atoms with Crippen LogP contribution in [-0.2, 0) is 10.2 Å². The molecule has 0 spiro atoms. The van der Waals surface area contributed by atoms with Crippen LogP contribution in [0, 0.1) is 11.8 Å². The van der Waals surface area contributed by atoms with E-state index in [0.717, 1.165) is 29.7 Å². The van der Waals surface area contributed by atoms with E-state index in [1.165, 1.54) is 5.56 Å². The molecule has 4 rings (SSSR count). The molecule has 3 aromatic carbocycles. The van der Waals surface area contributed by atoms with Gasteiger partial charge in [-0.25, -0.2) is 4.79 Å². The van der Waals surface area contributed by atoms with Gasteiger partial charge in [-0.2, -0.15) is 0 Å². The van der Waals surface area contributed by atoms with Crippen molar-refractivity contribution in [2.24, 2.45) is 0 Å². The highest BCUT2D eigenvalue weighted by molar-refractivity contribution is 5.89. The zero-order chi connectivity index (χ0) is 21.4. The van der Waals surface area contributed by atoms with E-state index in [2.05, 4.69) is 46.7 Å². The van der Waals surface area contributed by atoms with Gasteiger partial charge in [0.25, 0.3) is 0 Å². The van der Waals surface area contributed by atoms with Gasteiger partial charge in [0.15, 0.2) is 0 Å². The standard InChI is InChI=1S/C27H26N2O2/c30-26(28-21-27(16-18-31-19-17-27)24-11-5-2-6-12-24)29-25-13-7-10-23(20-25)15-14-22-8-3-1-4-9-22/h1-13,20H,16-19,21H2,(H2,28,29,30). The Kier molecular flexibility index (Phi) is 6.66. The van der Waals surface area contributed by atoms with Crippen molar-refractivity contribution < 1.29 is 9.53 Å². The molecule has 156 valence electrons. The topological polar surface area (TPSA) is 50.4 Å². The third kappa shape index (κ3) is 5.53. The zero-order valence-electron chi connectivity index (χ0n) is 17.4. The van der Waals surface area contributed by atoms with Crippen molar-refractivity contribution in [1.29, 1.82) is 0 Å². The number of rotatable bonds is 4. The van der Waals surface area contributed by atoms with Crippen molar-refractivity contribution in [2.45, 2.75) is 18.3 Å². The third-order valence-electron chi connectivity index (χ3n) is 5.67. The first-order valence-corrected chi connectivity index (χ1v) is 10.6. The van der Waals surface area contributed by atoms with E-state index >= 15 is 0 Å². The zero-order valence-corrected chi connectivity index (χ0v) is 17.4. The second-order valence-electron chi connectivity index (χ2n) is 7.76. The van der Waals surface area contributed by atoms with Crippen molar-refractivity contribution in [3.63, 3.8) is 0 Å². The summed E-state index contributed by atoms with van der Waals surface area (Å²) in [7, 11) is 0. The van der Waals surface area contributed by atoms with Gasteiger partial charge in [0.2, 0.25) is 0 Å². The summed E-state index contributed by atoms with van der Waals surface area (Å²) in [5.41, 5.74) is 3.68. The van der Waals surface area contributed by atoms with Crippen LogP contribution in [0.4, 0.5) is 10.5 Å². The van der Waals surface area contributed by atoms with Crippen LogP contribution in [0.25, 0.3) is 0 Å². The predicted octanol–water partition coefficient (Wildman–Crippen LogP) is 4.96. The normalized spacial score (nSPS) is 14.7. The highest BCUT2D eigenvalue weighted by Crippen LogP contribution is 2.34. The highest BCUT2D eigenvalue weighted by Gasteiger charge is 2.34. The number of carbonyl (C=O) groups excluding carboxylic acids is 1. The Balaban J connectivity index is 1.40. The predicted molar refractivity (Wildman–Crippen MR) is 124 cm³/mol. The first kappa shape index (κ1) is 20.7. The second kappa shape index (κ2) is 9.97. The smallest absolute Gasteiger partial charge is 0.319 e. The maximum absolute atomic E-state index is 12.6. The number of amides is 2. The minimum Gasteiger partial charge on any atom is -0.381 e. The van der Waals surface area contributed by atoms with Crippen LogP contribution in [0.15, 0.2) is 84.9 Å². The monoisotopic (exact) mass is 410 g/mol.